The fraction of sp³-hybridized carbons (Fsp3) is 0.125. The Kier molecular flexibility index (Phi) is 4.56. The van der Waals surface area contributed by atoms with Gasteiger partial charge in [-0.05, 0) is 49.4 Å². The topological polar surface area (TPSA) is 81.4 Å². The normalized spacial score (nSPS) is 9.95. The number of amides is 1. The molecule has 0 aromatic heterocycles. The minimum absolute atomic E-state index is 0.268. The average Bonchev–Trinajstić information content (AvgIpc) is 2.48. The van der Waals surface area contributed by atoms with Crippen molar-refractivity contribution in [2.75, 3.05) is 17.7 Å². The monoisotopic (exact) mass is 284 g/mol. The Hall–Kier alpha value is -2.82. The minimum Gasteiger partial charge on any atom is -0.462 e. The van der Waals surface area contributed by atoms with Crippen LogP contribution in [-0.4, -0.2) is 18.5 Å². The third-order valence-corrected chi connectivity index (χ3v) is 2.80. The lowest BCUT2D eigenvalue weighted by molar-refractivity contribution is 0.0526. The molecule has 2 aromatic carbocycles. The van der Waals surface area contributed by atoms with E-state index in [1.807, 2.05) is 0 Å². The second-order valence-corrected chi connectivity index (χ2v) is 4.38. The highest BCUT2D eigenvalue weighted by Gasteiger charge is 2.09. The molecule has 0 saturated heterocycles. The fourth-order valence-corrected chi connectivity index (χ4v) is 1.78. The number of hydrogen-bond donors (Lipinski definition) is 2. The molecule has 5 heteroatoms. The Morgan fingerprint density at radius 2 is 1.81 bits per heavy atom. The Labute approximate surface area is 122 Å². The van der Waals surface area contributed by atoms with Gasteiger partial charge in [-0.25, -0.2) is 4.79 Å². The first-order valence-corrected chi connectivity index (χ1v) is 6.54. The van der Waals surface area contributed by atoms with Gasteiger partial charge in [0.25, 0.3) is 5.91 Å². The van der Waals surface area contributed by atoms with Crippen LogP contribution in [0, 0.1) is 0 Å². The number of esters is 1. The maximum Gasteiger partial charge on any atom is 0.338 e. The van der Waals surface area contributed by atoms with Gasteiger partial charge in [-0.1, -0.05) is 6.07 Å². The van der Waals surface area contributed by atoms with Crippen molar-refractivity contribution in [2.45, 2.75) is 6.92 Å². The molecule has 21 heavy (non-hydrogen) atoms. The second-order valence-electron chi connectivity index (χ2n) is 4.38. The molecule has 2 aromatic rings. The minimum atomic E-state index is -0.416. The van der Waals surface area contributed by atoms with Crippen LogP contribution in [0.5, 0.6) is 0 Å². The van der Waals surface area contributed by atoms with E-state index in [9.17, 15) is 9.59 Å². The summed E-state index contributed by atoms with van der Waals surface area (Å²) in [6.45, 7) is 2.05. The molecule has 0 unspecified atom stereocenters. The SMILES string of the molecule is CCOC(=O)c1cccc(NC(=O)c2ccc(N)cc2)c1. The number of carbonyl (C=O) groups is 2. The van der Waals surface area contributed by atoms with Gasteiger partial charge < -0.3 is 15.8 Å². The van der Waals surface area contributed by atoms with Crippen LogP contribution in [0.15, 0.2) is 48.5 Å². The van der Waals surface area contributed by atoms with Crippen LogP contribution in [0.25, 0.3) is 0 Å². The lowest BCUT2D eigenvalue weighted by Crippen LogP contribution is -2.12. The van der Waals surface area contributed by atoms with Crippen molar-refractivity contribution in [3.05, 3.63) is 59.7 Å². The molecule has 5 nitrogen and oxygen atoms in total. The first-order valence-electron chi connectivity index (χ1n) is 6.54. The number of benzene rings is 2. The zero-order valence-corrected chi connectivity index (χ0v) is 11.6. The highest BCUT2D eigenvalue weighted by Crippen LogP contribution is 2.14. The van der Waals surface area contributed by atoms with Crippen molar-refractivity contribution in [1.82, 2.24) is 0 Å². The summed E-state index contributed by atoms with van der Waals surface area (Å²) >= 11 is 0. The van der Waals surface area contributed by atoms with Crippen LogP contribution in [0.1, 0.15) is 27.6 Å². The van der Waals surface area contributed by atoms with Gasteiger partial charge in [0.15, 0.2) is 0 Å². The van der Waals surface area contributed by atoms with E-state index in [0.717, 1.165) is 0 Å². The van der Waals surface area contributed by atoms with Crippen LogP contribution in [-0.2, 0) is 4.74 Å². The van der Waals surface area contributed by atoms with E-state index in [-0.39, 0.29) is 5.91 Å². The Morgan fingerprint density at radius 3 is 2.48 bits per heavy atom. The number of anilines is 2. The standard InChI is InChI=1S/C16H16N2O3/c1-2-21-16(20)12-4-3-5-14(10-12)18-15(19)11-6-8-13(17)9-7-11/h3-10H,2,17H2,1H3,(H,18,19). The predicted octanol–water partition coefficient (Wildman–Crippen LogP) is 2.70. The lowest BCUT2D eigenvalue weighted by Gasteiger charge is -2.07. The molecule has 0 aliphatic heterocycles. The molecular formula is C16H16N2O3. The van der Waals surface area contributed by atoms with E-state index in [1.54, 1.807) is 55.5 Å². The van der Waals surface area contributed by atoms with E-state index in [2.05, 4.69) is 5.32 Å². The van der Waals surface area contributed by atoms with Crippen LogP contribution in [0.4, 0.5) is 11.4 Å². The number of rotatable bonds is 4. The molecule has 0 fully saturated rings. The first kappa shape index (κ1) is 14.6. The number of nitrogen functional groups attached to an aromatic ring is 1. The molecular weight excluding hydrogens is 268 g/mol. The van der Waals surface area contributed by atoms with E-state index >= 15 is 0 Å². The number of carbonyl (C=O) groups excluding carboxylic acids is 2. The third kappa shape index (κ3) is 3.82. The van der Waals surface area contributed by atoms with Gasteiger partial charge in [0, 0.05) is 16.9 Å². The molecule has 1 amide bonds. The van der Waals surface area contributed by atoms with Crippen LogP contribution in [0.2, 0.25) is 0 Å². The zero-order valence-electron chi connectivity index (χ0n) is 11.6. The predicted molar refractivity (Wildman–Crippen MR) is 81.2 cm³/mol. The van der Waals surface area contributed by atoms with Gasteiger partial charge in [-0.2, -0.15) is 0 Å². The molecule has 0 bridgehead atoms. The number of nitrogens with one attached hydrogen (secondary N) is 1. The first-order chi connectivity index (χ1) is 10.1. The van der Waals surface area contributed by atoms with Gasteiger partial charge in [0.1, 0.15) is 0 Å². The number of ether oxygens (including phenoxy) is 1. The van der Waals surface area contributed by atoms with Gasteiger partial charge >= 0.3 is 5.97 Å². The molecule has 0 spiro atoms. The summed E-state index contributed by atoms with van der Waals surface area (Å²) in [5.41, 5.74) is 7.59. The zero-order chi connectivity index (χ0) is 15.2. The Morgan fingerprint density at radius 1 is 1.10 bits per heavy atom. The van der Waals surface area contributed by atoms with Crippen molar-refractivity contribution < 1.29 is 14.3 Å². The van der Waals surface area contributed by atoms with Crippen LogP contribution < -0.4 is 11.1 Å². The number of nitrogens with two attached hydrogens (primary N) is 1. The molecule has 0 aliphatic carbocycles. The molecule has 0 radical (unpaired) electrons. The van der Waals surface area contributed by atoms with Crippen molar-refractivity contribution in [3.63, 3.8) is 0 Å². The van der Waals surface area contributed by atoms with E-state index in [0.29, 0.717) is 29.1 Å². The Bertz CT molecular complexity index is 651. The van der Waals surface area contributed by atoms with Crippen LogP contribution >= 0.6 is 0 Å². The highest BCUT2D eigenvalue weighted by molar-refractivity contribution is 6.05. The maximum atomic E-state index is 12.1. The molecule has 3 N–H and O–H groups in total. The smallest absolute Gasteiger partial charge is 0.338 e. The molecule has 108 valence electrons. The van der Waals surface area contributed by atoms with Gasteiger partial charge in [0.2, 0.25) is 0 Å². The summed E-state index contributed by atoms with van der Waals surface area (Å²) in [7, 11) is 0. The van der Waals surface area contributed by atoms with E-state index < -0.39 is 5.97 Å². The molecule has 0 saturated carbocycles. The van der Waals surface area contributed by atoms with Crippen molar-refractivity contribution in [3.8, 4) is 0 Å². The molecule has 2 rings (SSSR count). The highest BCUT2D eigenvalue weighted by atomic mass is 16.5. The summed E-state index contributed by atoms with van der Waals surface area (Å²) in [6.07, 6.45) is 0. The third-order valence-electron chi connectivity index (χ3n) is 2.80. The van der Waals surface area contributed by atoms with Crippen molar-refractivity contribution >= 4 is 23.3 Å². The largest absolute Gasteiger partial charge is 0.462 e. The quantitative estimate of drug-likeness (QED) is 0.668. The Balaban J connectivity index is 2.12. The lowest BCUT2D eigenvalue weighted by atomic mass is 10.1. The molecule has 0 atom stereocenters. The van der Waals surface area contributed by atoms with Gasteiger partial charge in [-0.3, -0.25) is 4.79 Å². The molecule has 0 aliphatic rings. The number of hydrogen-bond acceptors (Lipinski definition) is 4. The summed E-state index contributed by atoms with van der Waals surface area (Å²) in [4.78, 5) is 23.7. The average molecular weight is 284 g/mol. The van der Waals surface area contributed by atoms with Gasteiger partial charge in [0.05, 0.1) is 12.2 Å². The van der Waals surface area contributed by atoms with E-state index in [1.165, 1.54) is 0 Å². The fourth-order valence-electron chi connectivity index (χ4n) is 1.78. The van der Waals surface area contributed by atoms with Gasteiger partial charge in [-0.15, -0.1) is 0 Å². The van der Waals surface area contributed by atoms with Crippen LogP contribution in [0.3, 0.4) is 0 Å². The maximum absolute atomic E-state index is 12.1. The van der Waals surface area contributed by atoms with Crippen molar-refractivity contribution in [2.24, 2.45) is 0 Å². The summed E-state index contributed by atoms with van der Waals surface area (Å²) in [5, 5.41) is 2.73. The summed E-state index contributed by atoms with van der Waals surface area (Å²) in [6, 6.07) is 13.2. The summed E-state index contributed by atoms with van der Waals surface area (Å²) < 4.78 is 4.92. The summed E-state index contributed by atoms with van der Waals surface area (Å²) in [5.74, 6) is -0.683. The van der Waals surface area contributed by atoms with Crippen molar-refractivity contribution in [1.29, 1.82) is 0 Å². The van der Waals surface area contributed by atoms with E-state index in [4.69, 9.17) is 10.5 Å². The second kappa shape index (κ2) is 6.56. The molecule has 0 heterocycles.